The van der Waals surface area contributed by atoms with E-state index in [1.54, 1.807) is 19.1 Å². The van der Waals surface area contributed by atoms with Gasteiger partial charge in [-0.1, -0.05) is 39.9 Å². The Hall–Kier alpha value is -1.07. The summed E-state index contributed by atoms with van der Waals surface area (Å²) in [5, 5.41) is 0.894. The summed E-state index contributed by atoms with van der Waals surface area (Å²) in [7, 11) is 0. The van der Waals surface area contributed by atoms with E-state index in [2.05, 4.69) is 27.8 Å². The van der Waals surface area contributed by atoms with Crippen molar-refractivity contribution >= 4 is 21.7 Å². The van der Waals surface area contributed by atoms with Crippen molar-refractivity contribution in [1.29, 1.82) is 0 Å². The van der Waals surface area contributed by atoms with Crippen LogP contribution in [0.3, 0.4) is 0 Å². The van der Waals surface area contributed by atoms with Gasteiger partial charge in [0.05, 0.1) is 0 Å². The molecule has 0 aliphatic rings. The third-order valence-corrected chi connectivity index (χ3v) is 2.14. The van der Waals surface area contributed by atoms with Crippen molar-refractivity contribution in [3.63, 3.8) is 0 Å². The molecule has 0 heterocycles. The molecule has 72 valence electrons. The lowest BCUT2D eigenvalue weighted by atomic mass is 10.1. The fourth-order valence-corrected chi connectivity index (χ4v) is 1.20. The molecule has 1 aromatic carbocycles. The van der Waals surface area contributed by atoms with E-state index in [1.807, 2.05) is 12.1 Å². The monoisotopic (exact) mass is 250 g/mol. The molecule has 0 aromatic heterocycles. The van der Waals surface area contributed by atoms with Gasteiger partial charge in [0.15, 0.2) is 5.78 Å². The van der Waals surface area contributed by atoms with Crippen LogP contribution in [0.2, 0.25) is 0 Å². The van der Waals surface area contributed by atoms with Gasteiger partial charge in [0.1, 0.15) is 0 Å². The van der Waals surface area contributed by atoms with Crippen LogP contribution in [0.4, 0.5) is 0 Å². The third kappa shape index (κ3) is 3.35. The van der Waals surface area contributed by atoms with Crippen molar-refractivity contribution in [1.82, 2.24) is 0 Å². The lowest BCUT2D eigenvalue weighted by Gasteiger charge is -1.94. The molecule has 0 unspecified atom stereocenters. The highest BCUT2D eigenvalue weighted by Crippen LogP contribution is 2.03. The Bertz CT molecular complexity index is 368. The zero-order valence-electron chi connectivity index (χ0n) is 8.01. The molecule has 1 nitrogen and oxygen atoms in total. The van der Waals surface area contributed by atoms with Crippen LogP contribution >= 0.6 is 15.9 Å². The van der Waals surface area contributed by atoms with E-state index < -0.39 is 0 Å². The molecular formula is C12H11BrO. The van der Waals surface area contributed by atoms with Crippen molar-refractivity contribution in [3.8, 4) is 11.8 Å². The molecule has 0 saturated carbocycles. The van der Waals surface area contributed by atoms with Gasteiger partial charge < -0.3 is 0 Å². The standard InChI is InChI=1S/C12H11BrO/c1-10(14)12-7-5-11(6-8-12)4-2-3-9-13/h5-8H,3,9H2,1H3. The summed E-state index contributed by atoms with van der Waals surface area (Å²) in [4.78, 5) is 11.0. The van der Waals surface area contributed by atoms with Gasteiger partial charge in [-0.2, -0.15) is 0 Å². The molecule has 0 saturated heterocycles. The second-order valence-electron chi connectivity index (χ2n) is 2.87. The molecule has 0 fully saturated rings. The van der Waals surface area contributed by atoms with E-state index in [1.165, 1.54) is 0 Å². The highest BCUT2D eigenvalue weighted by atomic mass is 79.9. The Labute approximate surface area is 92.6 Å². The Balaban J connectivity index is 2.75. The summed E-state index contributed by atoms with van der Waals surface area (Å²) >= 11 is 3.31. The summed E-state index contributed by atoms with van der Waals surface area (Å²) < 4.78 is 0. The van der Waals surface area contributed by atoms with E-state index in [-0.39, 0.29) is 5.78 Å². The third-order valence-electron chi connectivity index (χ3n) is 1.74. The van der Waals surface area contributed by atoms with Crippen LogP contribution in [-0.4, -0.2) is 11.1 Å². The van der Waals surface area contributed by atoms with E-state index >= 15 is 0 Å². The van der Waals surface area contributed by atoms with Crippen molar-refractivity contribution in [2.45, 2.75) is 13.3 Å². The maximum atomic E-state index is 11.0. The van der Waals surface area contributed by atoms with Crippen LogP contribution in [0.15, 0.2) is 24.3 Å². The molecule has 1 aromatic rings. The number of rotatable bonds is 2. The van der Waals surface area contributed by atoms with Gasteiger partial charge in [-0.05, 0) is 19.1 Å². The zero-order chi connectivity index (χ0) is 10.4. The first kappa shape index (κ1) is 11.0. The number of halogens is 1. The van der Waals surface area contributed by atoms with Gasteiger partial charge in [0.25, 0.3) is 0 Å². The molecule has 0 amide bonds. The summed E-state index contributed by atoms with van der Waals surface area (Å²) in [5.41, 5.74) is 1.69. The molecule has 14 heavy (non-hydrogen) atoms. The number of ketones is 1. The van der Waals surface area contributed by atoms with Crippen LogP contribution in [0.5, 0.6) is 0 Å². The Morgan fingerprint density at radius 3 is 2.50 bits per heavy atom. The fourth-order valence-electron chi connectivity index (χ4n) is 1.00. The predicted molar refractivity (Wildman–Crippen MR) is 61.7 cm³/mol. The molecule has 0 aliphatic heterocycles. The van der Waals surface area contributed by atoms with Gasteiger partial charge >= 0.3 is 0 Å². The minimum atomic E-state index is 0.0879. The minimum Gasteiger partial charge on any atom is -0.295 e. The van der Waals surface area contributed by atoms with Crippen molar-refractivity contribution in [2.75, 3.05) is 5.33 Å². The average Bonchev–Trinajstić information content (AvgIpc) is 2.19. The lowest BCUT2D eigenvalue weighted by Crippen LogP contribution is -1.90. The van der Waals surface area contributed by atoms with Gasteiger partial charge in [0, 0.05) is 22.9 Å². The first-order chi connectivity index (χ1) is 6.74. The van der Waals surface area contributed by atoms with E-state index in [0.717, 1.165) is 22.9 Å². The maximum Gasteiger partial charge on any atom is 0.159 e. The SMILES string of the molecule is CC(=O)c1ccc(C#CCCBr)cc1. The smallest absolute Gasteiger partial charge is 0.159 e. The number of hydrogen-bond acceptors (Lipinski definition) is 1. The Morgan fingerprint density at radius 1 is 1.36 bits per heavy atom. The van der Waals surface area contributed by atoms with Gasteiger partial charge in [-0.15, -0.1) is 0 Å². The molecule has 1 rings (SSSR count). The summed E-state index contributed by atoms with van der Waals surface area (Å²) in [5.74, 6) is 6.13. The largest absolute Gasteiger partial charge is 0.295 e. The van der Waals surface area contributed by atoms with Crippen LogP contribution < -0.4 is 0 Å². The lowest BCUT2D eigenvalue weighted by molar-refractivity contribution is 0.101. The van der Waals surface area contributed by atoms with Crippen molar-refractivity contribution < 1.29 is 4.79 Å². The average molecular weight is 251 g/mol. The highest BCUT2D eigenvalue weighted by molar-refractivity contribution is 9.09. The Morgan fingerprint density at radius 2 is 2.00 bits per heavy atom. The molecule has 0 N–H and O–H groups in total. The number of alkyl halides is 1. The van der Waals surface area contributed by atoms with Crippen molar-refractivity contribution in [2.24, 2.45) is 0 Å². The number of Topliss-reactive ketones (excluding diaryl/α,β-unsaturated/α-hetero) is 1. The topological polar surface area (TPSA) is 17.1 Å². The first-order valence-corrected chi connectivity index (χ1v) is 5.52. The highest BCUT2D eigenvalue weighted by Gasteiger charge is 1.96. The van der Waals surface area contributed by atoms with E-state index in [4.69, 9.17) is 0 Å². The zero-order valence-corrected chi connectivity index (χ0v) is 9.60. The molecule has 0 bridgehead atoms. The second-order valence-corrected chi connectivity index (χ2v) is 3.67. The van der Waals surface area contributed by atoms with Crippen LogP contribution in [0.25, 0.3) is 0 Å². The first-order valence-electron chi connectivity index (χ1n) is 4.40. The minimum absolute atomic E-state index is 0.0879. The van der Waals surface area contributed by atoms with Crippen LogP contribution in [-0.2, 0) is 0 Å². The summed E-state index contributed by atoms with van der Waals surface area (Å²) in [6.45, 7) is 1.56. The normalized spacial score (nSPS) is 9.00. The number of carbonyl (C=O) groups excluding carboxylic acids is 1. The maximum absolute atomic E-state index is 11.0. The predicted octanol–water partition coefficient (Wildman–Crippen LogP) is 3.03. The van der Waals surface area contributed by atoms with Gasteiger partial charge in [-0.25, -0.2) is 0 Å². The molecule has 0 atom stereocenters. The van der Waals surface area contributed by atoms with Crippen LogP contribution in [0.1, 0.15) is 29.3 Å². The van der Waals surface area contributed by atoms with Crippen molar-refractivity contribution in [3.05, 3.63) is 35.4 Å². The van der Waals surface area contributed by atoms with Gasteiger partial charge in [-0.3, -0.25) is 4.79 Å². The molecule has 2 heteroatoms. The molecule has 0 aliphatic carbocycles. The molecule has 0 spiro atoms. The number of hydrogen-bond donors (Lipinski definition) is 0. The quantitative estimate of drug-likeness (QED) is 0.448. The van der Waals surface area contributed by atoms with Crippen LogP contribution in [0, 0.1) is 11.8 Å². The second kappa shape index (κ2) is 5.62. The van der Waals surface area contributed by atoms with E-state index in [0.29, 0.717) is 0 Å². The summed E-state index contributed by atoms with van der Waals surface area (Å²) in [6.07, 6.45) is 0.842. The van der Waals surface area contributed by atoms with E-state index in [9.17, 15) is 4.79 Å². The summed E-state index contributed by atoms with van der Waals surface area (Å²) in [6, 6.07) is 7.36. The Kier molecular flexibility index (Phi) is 4.42. The molecule has 0 radical (unpaired) electrons. The molecular weight excluding hydrogens is 240 g/mol. The number of carbonyl (C=O) groups is 1. The number of benzene rings is 1. The fraction of sp³-hybridized carbons (Fsp3) is 0.250. The van der Waals surface area contributed by atoms with Gasteiger partial charge in [0.2, 0.25) is 0 Å².